The molecular formula is C19H24N4O4S. The standard InChI is InChI=1S/C19H24N4O4S/c1-13(24)23-9-7-15(8-10-23)19-21-18(27-22-19)12-20-28(25,26)17-6-5-14-3-2-4-16(14)11-17/h5-6,11,15,20H,2-4,7-10,12H2,1H3. The van der Waals surface area contributed by atoms with Gasteiger partial charge < -0.3 is 9.42 Å². The molecule has 0 unspecified atom stereocenters. The summed E-state index contributed by atoms with van der Waals surface area (Å²) in [5.74, 6) is 1.03. The third-order valence-corrected chi connectivity index (χ3v) is 6.98. The van der Waals surface area contributed by atoms with E-state index in [1.54, 1.807) is 19.1 Å². The average molecular weight is 404 g/mol. The van der Waals surface area contributed by atoms with Crippen LogP contribution >= 0.6 is 0 Å². The lowest BCUT2D eigenvalue weighted by Gasteiger charge is -2.29. The molecule has 0 atom stereocenters. The summed E-state index contributed by atoms with van der Waals surface area (Å²) in [5.41, 5.74) is 2.34. The van der Waals surface area contributed by atoms with Crippen LogP contribution in [0.4, 0.5) is 0 Å². The molecule has 28 heavy (non-hydrogen) atoms. The highest BCUT2D eigenvalue weighted by atomic mass is 32.2. The molecule has 0 saturated carbocycles. The van der Waals surface area contributed by atoms with Crippen LogP contribution in [0, 0.1) is 0 Å². The summed E-state index contributed by atoms with van der Waals surface area (Å²) in [6.45, 7) is 2.88. The number of likely N-dealkylation sites (tertiary alicyclic amines) is 1. The summed E-state index contributed by atoms with van der Waals surface area (Å²) in [6.07, 6.45) is 4.56. The number of rotatable bonds is 5. The van der Waals surface area contributed by atoms with Gasteiger partial charge in [-0.1, -0.05) is 11.2 Å². The third kappa shape index (κ3) is 3.95. The molecule has 8 nitrogen and oxygen atoms in total. The van der Waals surface area contributed by atoms with Crippen LogP contribution in [0.1, 0.15) is 54.9 Å². The lowest BCUT2D eigenvalue weighted by molar-refractivity contribution is -0.129. The van der Waals surface area contributed by atoms with E-state index in [2.05, 4.69) is 14.9 Å². The third-order valence-electron chi connectivity index (χ3n) is 5.58. The van der Waals surface area contributed by atoms with Crippen LogP contribution in [0.25, 0.3) is 0 Å². The normalized spacial score (nSPS) is 17.7. The Morgan fingerprint density at radius 3 is 2.75 bits per heavy atom. The first-order valence-electron chi connectivity index (χ1n) is 9.62. The van der Waals surface area contributed by atoms with Crippen LogP contribution in [-0.2, 0) is 34.2 Å². The Kier molecular flexibility index (Phi) is 5.20. The summed E-state index contributed by atoms with van der Waals surface area (Å²) < 4.78 is 32.9. The lowest BCUT2D eigenvalue weighted by Crippen LogP contribution is -2.36. The number of hydrogen-bond donors (Lipinski definition) is 1. The zero-order valence-corrected chi connectivity index (χ0v) is 16.7. The molecule has 1 fully saturated rings. The van der Waals surface area contributed by atoms with Crippen molar-refractivity contribution in [2.24, 2.45) is 0 Å². The molecule has 2 heterocycles. The molecule has 0 radical (unpaired) electrons. The van der Waals surface area contributed by atoms with E-state index in [1.165, 1.54) is 5.56 Å². The molecule has 1 aromatic heterocycles. The number of aryl methyl sites for hydroxylation is 2. The van der Waals surface area contributed by atoms with Gasteiger partial charge in [-0.05, 0) is 55.4 Å². The summed E-state index contributed by atoms with van der Waals surface area (Å²) >= 11 is 0. The number of amides is 1. The van der Waals surface area contributed by atoms with Crippen LogP contribution in [0.2, 0.25) is 0 Å². The summed E-state index contributed by atoms with van der Waals surface area (Å²) in [6, 6.07) is 5.30. The monoisotopic (exact) mass is 404 g/mol. The van der Waals surface area contributed by atoms with Crippen LogP contribution in [0.15, 0.2) is 27.6 Å². The Balaban J connectivity index is 1.37. The summed E-state index contributed by atoms with van der Waals surface area (Å²) in [7, 11) is -3.63. The molecule has 1 aromatic carbocycles. The Labute approximate surface area is 164 Å². The maximum absolute atomic E-state index is 12.6. The molecule has 9 heteroatoms. The molecule has 1 aliphatic heterocycles. The number of benzene rings is 1. The Bertz CT molecular complexity index is 978. The number of hydrogen-bond acceptors (Lipinski definition) is 6. The number of piperidine rings is 1. The molecule has 2 aromatic rings. The molecule has 1 N–H and O–H groups in total. The Morgan fingerprint density at radius 1 is 1.25 bits per heavy atom. The van der Waals surface area contributed by atoms with Crippen LogP contribution in [0.5, 0.6) is 0 Å². The van der Waals surface area contributed by atoms with Gasteiger partial charge in [0.25, 0.3) is 0 Å². The molecule has 0 bridgehead atoms. The fourth-order valence-electron chi connectivity index (χ4n) is 3.91. The van der Waals surface area contributed by atoms with Gasteiger partial charge in [-0.2, -0.15) is 4.98 Å². The number of aromatic nitrogens is 2. The minimum atomic E-state index is -3.63. The van der Waals surface area contributed by atoms with E-state index in [9.17, 15) is 13.2 Å². The Hall–Kier alpha value is -2.26. The number of nitrogens with one attached hydrogen (secondary N) is 1. The maximum atomic E-state index is 12.6. The van der Waals surface area contributed by atoms with E-state index < -0.39 is 10.0 Å². The predicted molar refractivity (Wildman–Crippen MR) is 101 cm³/mol. The molecule has 1 aliphatic carbocycles. The van der Waals surface area contributed by atoms with Crippen LogP contribution < -0.4 is 4.72 Å². The fourth-order valence-corrected chi connectivity index (χ4v) is 4.94. The van der Waals surface area contributed by atoms with Crippen molar-refractivity contribution < 1.29 is 17.7 Å². The van der Waals surface area contributed by atoms with E-state index in [4.69, 9.17) is 4.52 Å². The van der Waals surface area contributed by atoms with Crippen molar-refractivity contribution in [2.75, 3.05) is 13.1 Å². The van der Waals surface area contributed by atoms with E-state index in [0.29, 0.717) is 18.9 Å². The quantitative estimate of drug-likeness (QED) is 0.814. The van der Waals surface area contributed by atoms with Gasteiger partial charge in [0.05, 0.1) is 11.4 Å². The number of fused-ring (bicyclic) bond motifs is 1. The first kappa shape index (κ1) is 19.1. The zero-order valence-electron chi connectivity index (χ0n) is 15.8. The fraction of sp³-hybridized carbons (Fsp3) is 0.526. The summed E-state index contributed by atoms with van der Waals surface area (Å²) in [4.78, 5) is 17.8. The first-order chi connectivity index (χ1) is 13.4. The number of carbonyl (C=O) groups excluding carboxylic acids is 1. The molecule has 4 rings (SSSR count). The number of sulfonamides is 1. The van der Waals surface area contributed by atoms with E-state index in [-0.39, 0.29) is 29.2 Å². The Morgan fingerprint density at radius 2 is 2.00 bits per heavy atom. The molecule has 2 aliphatic rings. The van der Waals surface area contributed by atoms with Crippen molar-refractivity contribution in [1.82, 2.24) is 19.8 Å². The van der Waals surface area contributed by atoms with Crippen LogP contribution in [-0.4, -0.2) is 42.5 Å². The number of carbonyl (C=O) groups is 1. The summed E-state index contributed by atoms with van der Waals surface area (Å²) in [5, 5.41) is 4.01. The minimum Gasteiger partial charge on any atom is -0.343 e. The van der Waals surface area contributed by atoms with Crippen molar-refractivity contribution in [3.63, 3.8) is 0 Å². The van der Waals surface area contributed by atoms with E-state index >= 15 is 0 Å². The van der Waals surface area contributed by atoms with Gasteiger partial charge >= 0.3 is 0 Å². The largest absolute Gasteiger partial charge is 0.343 e. The highest BCUT2D eigenvalue weighted by molar-refractivity contribution is 7.89. The molecule has 0 spiro atoms. The second-order valence-corrected chi connectivity index (χ2v) is 9.20. The van der Waals surface area contributed by atoms with Crippen molar-refractivity contribution in [2.45, 2.75) is 56.4 Å². The number of nitrogens with zero attached hydrogens (tertiary/aromatic N) is 3. The predicted octanol–water partition coefficient (Wildman–Crippen LogP) is 1.76. The van der Waals surface area contributed by atoms with E-state index in [0.717, 1.165) is 37.7 Å². The van der Waals surface area contributed by atoms with Crippen molar-refractivity contribution >= 4 is 15.9 Å². The SMILES string of the molecule is CC(=O)N1CCC(c2noc(CNS(=O)(=O)c3ccc4c(c3)CCC4)n2)CC1. The highest BCUT2D eigenvalue weighted by Gasteiger charge is 2.26. The van der Waals surface area contributed by atoms with Gasteiger partial charge in [-0.3, -0.25) is 4.79 Å². The second-order valence-electron chi connectivity index (χ2n) is 7.44. The van der Waals surface area contributed by atoms with E-state index in [1.807, 2.05) is 11.0 Å². The van der Waals surface area contributed by atoms with Gasteiger partial charge in [0.2, 0.25) is 21.8 Å². The first-order valence-corrected chi connectivity index (χ1v) is 11.1. The maximum Gasteiger partial charge on any atom is 0.241 e. The topological polar surface area (TPSA) is 105 Å². The van der Waals surface area contributed by atoms with Crippen molar-refractivity contribution in [3.8, 4) is 0 Å². The molecular weight excluding hydrogens is 380 g/mol. The van der Waals surface area contributed by atoms with Gasteiger partial charge in [-0.25, -0.2) is 13.1 Å². The van der Waals surface area contributed by atoms with Gasteiger partial charge in [0.1, 0.15) is 0 Å². The molecule has 1 amide bonds. The van der Waals surface area contributed by atoms with Crippen molar-refractivity contribution in [1.29, 1.82) is 0 Å². The highest BCUT2D eigenvalue weighted by Crippen LogP contribution is 2.26. The molecule has 1 saturated heterocycles. The minimum absolute atomic E-state index is 0.0429. The van der Waals surface area contributed by atoms with Crippen molar-refractivity contribution in [3.05, 3.63) is 41.0 Å². The lowest BCUT2D eigenvalue weighted by atomic mass is 9.96. The van der Waals surface area contributed by atoms with Crippen LogP contribution in [0.3, 0.4) is 0 Å². The molecule has 150 valence electrons. The smallest absolute Gasteiger partial charge is 0.241 e. The second kappa shape index (κ2) is 7.63. The zero-order chi connectivity index (χ0) is 19.7. The average Bonchev–Trinajstić information content (AvgIpc) is 3.35. The van der Waals surface area contributed by atoms with Gasteiger partial charge in [-0.15, -0.1) is 0 Å². The van der Waals surface area contributed by atoms with Gasteiger partial charge in [0, 0.05) is 25.9 Å². The van der Waals surface area contributed by atoms with Gasteiger partial charge in [0.15, 0.2) is 5.82 Å².